The first-order valence-electron chi connectivity index (χ1n) is 16.3. The van der Waals surface area contributed by atoms with E-state index in [0.29, 0.717) is 42.4 Å². The molecule has 3 aromatic rings. The van der Waals surface area contributed by atoms with Crippen LogP contribution in [0.25, 0.3) is 5.82 Å². The van der Waals surface area contributed by atoms with Crippen LogP contribution in [-0.2, 0) is 10.0 Å². The number of hydrogen-bond acceptors (Lipinski definition) is 9. The maximum Gasteiger partial charge on any atom is 0.281 e. The molecule has 0 unspecified atom stereocenters. The Morgan fingerprint density at radius 1 is 1.02 bits per heavy atom. The zero-order valence-electron chi connectivity index (χ0n) is 26.4. The number of nitrogens with zero attached hydrogens (tertiary/aromatic N) is 6. The number of fused-ring (bicyclic) bond motifs is 6. The molecule has 5 heterocycles. The van der Waals surface area contributed by atoms with Crippen molar-refractivity contribution in [2.24, 2.45) is 23.7 Å². The Kier molecular flexibility index (Phi) is 7.74. The van der Waals surface area contributed by atoms with Crippen molar-refractivity contribution in [3.8, 4) is 11.7 Å². The second kappa shape index (κ2) is 11.6. The second-order valence-electron chi connectivity index (χ2n) is 13.9. The van der Waals surface area contributed by atoms with Gasteiger partial charge in [0, 0.05) is 37.9 Å². The highest BCUT2D eigenvalue weighted by atomic mass is 32.2. The Morgan fingerprint density at radius 2 is 1.80 bits per heavy atom. The third kappa shape index (κ3) is 6.39. The van der Waals surface area contributed by atoms with Crippen LogP contribution in [0.2, 0.25) is 0 Å². The lowest BCUT2D eigenvalue weighted by molar-refractivity contribution is 0.0981. The summed E-state index contributed by atoms with van der Waals surface area (Å²) < 4.78 is 36.7. The number of sulfonamides is 1. The molecule has 3 fully saturated rings. The Bertz CT molecular complexity index is 1670. The summed E-state index contributed by atoms with van der Waals surface area (Å²) in [6, 6.07) is 10.0. The molecule has 0 aromatic carbocycles. The third-order valence-electron chi connectivity index (χ3n) is 9.98. The van der Waals surface area contributed by atoms with Crippen LogP contribution in [0.1, 0.15) is 75.6 Å². The van der Waals surface area contributed by atoms with Gasteiger partial charge in [0.2, 0.25) is 5.88 Å². The van der Waals surface area contributed by atoms with E-state index in [9.17, 15) is 13.2 Å². The summed E-state index contributed by atoms with van der Waals surface area (Å²) in [5.74, 6) is 4.26. The number of pyridine rings is 2. The lowest BCUT2D eigenvalue weighted by Crippen LogP contribution is -2.41. The molecule has 1 N–H and O–H groups in total. The molecule has 1 saturated heterocycles. The topological polar surface area (TPSA) is 123 Å². The average Bonchev–Trinajstić information content (AvgIpc) is 3.95. The quantitative estimate of drug-likeness (QED) is 0.390. The molecule has 2 aliphatic carbocycles. The summed E-state index contributed by atoms with van der Waals surface area (Å²) >= 11 is 0. The molecule has 1 atom stereocenters. The minimum Gasteiger partial charge on any atom is -0.477 e. The van der Waals surface area contributed by atoms with Crippen molar-refractivity contribution in [2.45, 2.75) is 75.8 Å². The molecule has 2 saturated carbocycles. The van der Waals surface area contributed by atoms with E-state index in [1.165, 1.54) is 31.7 Å². The first-order chi connectivity index (χ1) is 21.6. The van der Waals surface area contributed by atoms with E-state index in [0.717, 1.165) is 50.0 Å². The molecule has 2 aliphatic heterocycles. The summed E-state index contributed by atoms with van der Waals surface area (Å²) in [6.45, 7) is 6.41. The van der Waals surface area contributed by atoms with Crippen molar-refractivity contribution in [3.63, 3.8) is 0 Å². The first-order valence-corrected chi connectivity index (χ1v) is 17.8. The van der Waals surface area contributed by atoms with E-state index in [1.807, 2.05) is 24.2 Å². The molecule has 0 radical (unpaired) electrons. The number of nitrogens with one attached hydrogen (secondary N) is 1. The van der Waals surface area contributed by atoms with Crippen molar-refractivity contribution in [1.29, 1.82) is 0 Å². The van der Waals surface area contributed by atoms with Crippen molar-refractivity contribution < 1.29 is 17.9 Å². The third-order valence-corrected chi connectivity index (χ3v) is 11.2. The van der Waals surface area contributed by atoms with Gasteiger partial charge in [0.15, 0.2) is 10.8 Å². The van der Waals surface area contributed by atoms with E-state index < -0.39 is 15.9 Å². The fraction of sp³-hybridized carbons (Fsp3) is 0.576. The molecule has 4 bridgehead atoms. The van der Waals surface area contributed by atoms with Gasteiger partial charge < -0.3 is 14.5 Å². The van der Waals surface area contributed by atoms with Crippen molar-refractivity contribution in [1.82, 2.24) is 24.5 Å². The van der Waals surface area contributed by atoms with Gasteiger partial charge >= 0.3 is 0 Å². The van der Waals surface area contributed by atoms with Crippen molar-refractivity contribution in [2.75, 3.05) is 36.5 Å². The zero-order valence-corrected chi connectivity index (χ0v) is 27.2. The number of carbonyl (C=O) groups excluding carboxylic acids is 1. The molecule has 45 heavy (non-hydrogen) atoms. The van der Waals surface area contributed by atoms with Gasteiger partial charge in [-0.3, -0.25) is 4.79 Å². The van der Waals surface area contributed by atoms with E-state index in [4.69, 9.17) is 9.72 Å². The molecule has 4 aliphatic rings. The second-order valence-corrected chi connectivity index (χ2v) is 15.6. The van der Waals surface area contributed by atoms with Gasteiger partial charge in [-0.1, -0.05) is 6.07 Å². The van der Waals surface area contributed by atoms with E-state index in [-0.39, 0.29) is 16.1 Å². The highest BCUT2D eigenvalue weighted by Gasteiger charge is 2.42. The van der Waals surface area contributed by atoms with Gasteiger partial charge in [0.1, 0.15) is 11.6 Å². The fourth-order valence-corrected chi connectivity index (χ4v) is 8.28. The molecule has 7 rings (SSSR count). The number of ether oxygens (including phenoxy) is 1. The Labute approximate surface area is 265 Å². The van der Waals surface area contributed by atoms with Crippen LogP contribution in [0, 0.1) is 23.7 Å². The monoisotopic (exact) mass is 633 g/mol. The van der Waals surface area contributed by atoms with E-state index in [2.05, 4.69) is 33.6 Å². The van der Waals surface area contributed by atoms with Crippen LogP contribution >= 0.6 is 0 Å². The molecular weight excluding hydrogens is 590 g/mol. The number of amides is 1. The van der Waals surface area contributed by atoms with Gasteiger partial charge in [0.25, 0.3) is 15.9 Å². The Hall–Kier alpha value is -3.67. The average molecular weight is 634 g/mol. The van der Waals surface area contributed by atoms with Crippen LogP contribution in [0.5, 0.6) is 5.88 Å². The number of anilines is 2. The molecule has 240 valence electrons. The standard InChI is InChI=1S/C33H43N7O4S/c1-33(2)20-22-6-5-17-38(3)27-7-4-8-30(34-27)45(42,43)37-32(41)26-13-14-28(35-31(26)39(33)21-22)40-18-15-29(36-40)44-19-16-25(23-9-10-23)24-11-12-24/h4,7-8,13-15,18,22-25H,5-6,9-12,16-17,19-21H2,1-3H3,(H,37,41)/t22-/m1/s1. The van der Waals surface area contributed by atoms with Crippen molar-refractivity contribution >= 4 is 27.6 Å². The minimum atomic E-state index is -4.23. The minimum absolute atomic E-state index is 0.189. The molecule has 11 nitrogen and oxygen atoms in total. The molecule has 12 heteroatoms. The number of hydrogen-bond donors (Lipinski definition) is 1. The fourth-order valence-electron chi connectivity index (χ4n) is 7.35. The highest BCUT2D eigenvalue weighted by molar-refractivity contribution is 7.90. The van der Waals surface area contributed by atoms with Crippen LogP contribution in [0.15, 0.2) is 47.6 Å². The zero-order chi connectivity index (χ0) is 31.3. The predicted octanol–water partition coefficient (Wildman–Crippen LogP) is 4.82. The van der Waals surface area contributed by atoms with Crippen LogP contribution < -0.4 is 19.3 Å². The maximum absolute atomic E-state index is 13.7. The largest absolute Gasteiger partial charge is 0.477 e. The maximum atomic E-state index is 13.7. The predicted molar refractivity (Wildman–Crippen MR) is 171 cm³/mol. The molecule has 3 aromatic heterocycles. The van der Waals surface area contributed by atoms with Gasteiger partial charge in [-0.05, 0) is 113 Å². The lowest BCUT2D eigenvalue weighted by atomic mass is 9.93. The van der Waals surface area contributed by atoms with Gasteiger partial charge in [-0.25, -0.2) is 19.4 Å². The summed E-state index contributed by atoms with van der Waals surface area (Å²) in [6.07, 6.45) is 11.2. The Morgan fingerprint density at radius 3 is 2.56 bits per heavy atom. The normalized spacial score (nSPS) is 22.8. The van der Waals surface area contributed by atoms with E-state index in [1.54, 1.807) is 28.9 Å². The van der Waals surface area contributed by atoms with Crippen molar-refractivity contribution in [3.05, 3.63) is 48.2 Å². The number of carbonyl (C=O) groups is 1. The van der Waals surface area contributed by atoms with E-state index >= 15 is 0 Å². The SMILES string of the molecule is CN1CCC[C@H]2CN(c3nc(-n4ccc(OCCC(C5CC5)C5CC5)n4)ccc3C(=O)NS(=O)(=O)c3cccc1n3)C(C)(C)C2. The van der Waals surface area contributed by atoms with Crippen LogP contribution in [0.3, 0.4) is 0 Å². The summed E-state index contributed by atoms with van der Waals surface area (Å²) in [5, 5.41) is 4.45. The molecular formula is C33H43N7O4S. The van der Waals surface area contributed by atoms with Crippen LogP contribution in [0.4, 0.5) is 11.6 Å². The van der Waals surface area contributed by atoms with Crippen LogP contribution in [-0.4, -0.2) is 66.4 Å². The molecule has 1 amide bonds. The molecule has 0 spiro atoms. The number of aromatic nitrogens is 4. The smallest absolute Gasteiger partial charge is 0.281 e. The number of rotatable bonds is 7. The lowest BCUT2D eigenvalue weighted by Gasteiger charge is -2.34. The highest BCUT2D eigenvalue weighted by Crippen LogP contribution is 2.50. The van der Waals surface area contributed by atoms with Gasteiger partial charge in [-0.15, -0.1) is 5.10 Å². The Balaban J connectivity index is 1.17. The van der Waals surface area contributed by atoms with Gasteiger partial charge in [-0.2, -0.15) is 8.42 Å². The summed E-state index contributed by atoms with van der Waals surface area (Å²) in [4.78, 5) is 27.1. The van der Waals surface area contributed by atoms with Gasteiger partial charge in [0.05, 0.1) is 12.2 Å². The summed E-state index contributed by atoms with van der Waals surface area (Å²) in [7, 11) is -2.32. The summed E-state index contributed by atoms with van der Waals surface area (Å²) in [5.41, 5.74) is -0.106. The first kappa shape index (κ1) is 30.0.